The lowest BCUT2D eigenvalue weighted by Gasteiger charge is -2.26. The highest BCUT2D eigenvalue weighted by atomic mass is 32.2. The van der Waals surface area contributed by atoms with Crippen LogP contribution in [-0.4, -0.2) is 46.0 Å². The molecule has 3 atom stereocenters. The summed E-state index contributed by atoms with van der Waals surface area (Å²) in [7, 11) is 1.39. The predicted molar refractivity (Wildman–Crippen MR) is 149 cm³/mol. The smallest absolute Gasteiger partial charge is 0.280 e. The highest BCUT2D eigenvalue weighted by Crippen LogP contribution is 2.46. The third-order valence-corrected chi connectivity index (χ3v) is 7.86. The van der Waals surface area contributed by atoms with E-state index < -0.39 is 18.0 Å². The molecule has 210 valence electrons. The maximum absolute atomic E-state index is 13.6. The van der Waals surface area contributed by atoms with E-state index in [0.29, 0.717) is 47.3 Å². The Labute approximate surface area is 235 Å². The van der Waals surface area contributed by atoms with Gasteiger partial charge in [-0.05, 0) is 55.0 Å². The van der Waals surface area contributed by atoms with Gasteiger partial charge in [0.25, 0.3) is 12.3 Å². The van der Waals surface area contributed by atoms with Gasteiger partial charge in [-0.2, -0.15) is 5.10 Å². The fourth-order valence-corrected chi connectivity index (χ4v) is 5.32. The molecule has 3 fully saturated rings. The lowest BCUT2D eigenvalue weighted by molar-refractivity contribution is -0.119. The Kier molecular flexibility index (Phi) is 8.21. The Balaban J connectivity index is 0.00000158. The van der Waals surface area contributed by atoms with Crippen LogP contribution in [0.5, 0.6) is 5.75 Å². The van der Waals surface area contributed by atoms with Gasteiger partial charge in [0.15, 0.2) is 10.5 Å². The first-order valence-electron chi connectivity index (χ1n) is 13.3. The molecule has 0 radical (unpaired) electrons. The van der Waals surface area contributed by atoms with E-state index in [1.807, 2.05) is 13.8 Å². The number of carbonyl (C=O) groups is 2. The van der Waals surface area contributed by atoms with Crippen LogP contribution >= 0.6 is 11.8 Å². The van der Waals surface area contributed by atoms with Crippen molar-refractivity contribution in [3.63, 3.8) is 0 Å². The number of hydrogen-bond donors (Lipinski definition) is 2. The van der Waals surface area contributed by atoms with E-state index in [9.17, 15) is 18.4 Å². The van der Waals surface area contributed by atoms with Crippen LogP contribution in [0, 0.1) is 29.6 Å². The molecule has 9 nitrogen and oxygen atoms in total. The molecule has 2 aliphatic carbocycles. The van der Waals surface area contributed by atoms with E-state index in [1.54, 1.807) is 11.0 Å². The number of carbonyl (C=O) groups excluding carboxylic acids is 2. The van der Waals surface area contributed by atoms with E-state index >= 15 is 0 Å². The van der Waals surface area contributed by atoms with Crippen molar-refractivity contribution in [1.29, 1.82) is 0 Å². The van der Waals surface area contributed by atoms with Crippen LogP contribution in [0.1, 0.15) is 62.0 Å². The number of fused-ring (bicyclic) bond motifs is 1. The lowest BCUT2D eigenvalue weighted by atomic mass is 9.99. The number of methoxy groups -OCH3 is 1. The number of nitrogens with zero attached hydrogens (tertiary/aromatic N) is 4. The van der Waals surface area contributed by atoms with Crippen molar-refractivity contribution in [1.82, 2.24) is 20.7 Å². The molecule has 2 aliphatic heterocycles. The van der Waals surface area contributed by atoms with Crippen LogP contribution in [0.3, 0.4) is 0 Å². The maximum Gasteiger partial charge on any atom is 0.280 e. The number of ether oxygens (including phenoxy) is 1. The number of anilines is 1. The molecular weight excluding hydrogens is 538 g/mol. The van der Waals surface area contributed by atoms with Crippen LogP contribution in [0.15, 0.2) is 29.6 Å². The number of thioether (sulfide) groups is 1. The second-order valence-electron chi connectivity index (χ2n) is 9.72. The van der Waals surface area contributed by atoms with Crippen LogP contribution in [0.2, 0.25) is 0 Å². The molecule has 4 aliphatic rings. The molecule has 2 aromatic heterocycles. The summed E-state index contributed by atoms with van der Waals surface area (Å²) < 4.78 is 32.5. The largest absolute Gasteiger partial charge is 0.494 e. The molecule has 40 heavy (non-hydrogen) atoms. The molecule has 2 amide bonds. The quantitative estimate of drug-likeness (QED) is 0.509. The van der Waals surface area contributed by atoms with Gasteiger partial charge in [0.1, 0.15) is 17.3 Å². The number of amides is 2. The van der Waals surface area contributed by atoms with Crippen molar-refractivity contribution in [2.24, 2.45) is 22.9 Å². The maximum atomic E-state index is 13.6. The minimum atomic E-state index is -2.82. The van der Waals surface area contributed by atoms with E-state index in [0.717, 1.165) is 19.3 Å². The molecule has 6 rings (SSSR count). The summed E-state index contributed by atoms with van der Waals surface area (Å²) in [5, 5.41) is 6.98. The molecule has 1 saturated heterocycles. The highest BCUT2D eigenvalue weighted by Gasteiger charge is 2.46. The zero-order valence-corrected chi connectivity index (χ0v) is 23.2. The number of aromatic nitrogens is 2. The number of piperidine rings is 1. The zero-order valence-electron chi connectivity index (χ0n) is 22.4. The van der Waals surface area contributed by atoms with Gasteiger partial charge < -0.3 is 4.74 Å². The van der Waals surface area contributed by atoms with E-state index in [4.69, 9.17) is 4.74 Å². The first kappa shape index (κ1) is 27.8. The summed E-state index contributed by atoms with van der Waals surface area (Å²) in [4.78, 5) is 36.0. The molecule has 12 heteroatoms. The van der Waals surface area contributed by atoms with Gasteiger partial charge in [-0.1, -0.05) is 25.7 Å². The SMILES string of the molecule is CC.COc1cnc(C(F)F)cc1-c1cc(N2CC3CC3CC2=O)ncc1C(=O)NC1=NNC(C#CC2CC2)S1. The second kappa shape index (κ2) is 11.8. The molecule has 0 spiro atoms. The number of alkyl halides is 2. The van der Waals surface area contributed by atoms with Gasteiger partial charge in [-0.25, -0.2) is 13.8 Å². The van der Waals surface area contributed by atoms with Crippen LogP contribution in [0.4, 0.5) is 14.6 Å². The fraction of sp³-hybridized carbons (Fsp3) is 0.464. The monoisotopic (exact) mass is 568 g/mol. The van der Waals surface area contributed by atoms with Crippen LogP contribution in [0.25, 0.3) is 11.1 Å². The Bertz CT molecular complexity index is 1400. The average Bonchev–Trinajstić information content (AvgIpc) is 3.90. The Hall–Kier alpha value is -3.72. The molecule has 0 aromatic carbocycles. The number of halogens is 2. The molecule has 0 bridgehead atoms. The summed E-state index contributed by atoms with van der Waals surface area (Å²) in [6.45, 7) is 4.54. The average molecular weight is 569 g/mol. The fourth-order valence-electron chi connectivity index (χ4n) is 4.61. The highest BCUT2D eigenvalue weighted by molar-refractivity contribution is 8.14. The number of hydrogen-bond acceptors (Lipinski definition) is 8. The lowest BCUT2D eigenvalue weighted by Crippen LogP contribution is -2.37. The number of amidine groups is 1. The number of pyridine rings is 2. The van der Waals surface area contributed by atoms with Crippen molar-refractivity contribution in [3.8, 4) is 28.7 Å². The number of nitrogens with one attached hydrogen (secondary N) is 2. The summed E-state index contributed by atoms with van der Waals surface area (Å²) in [6, 6.07) is 2.77. The van der Waals surface area contributed by atoms with Gasteiger partial charge in [0.2, 0.25) is 5.91 Å². The Morgan fingerprint density at radius 3 is 2.70 bits per heavy atom. The molecule has 4 heterocycles. The Morgan fingerprint density at radius 1 is 1.18 bits per heavy atom. The number of hydrazone groups is 1. The second-order valence-corrected chi connectivity index (χ2v) is 10.8. The van der Waals surface area contributed by atoms with E-state index in [2.05, 4.69) is 37.7 Å². The van der Waals surface area contributed by atoms with Crippen molar-refractivity contribution in [2.75, 3.05) is 18.6 Å². The van der Waals surface area contributed by atoms with Gasteiger partial charge in [-0.15, -0.1) is 0 Å². The third-order valence-electron chi connectivity index (χ3n) is 6.99. The molecule has 2 aromatic rings. The topological polar surface area (TPSA) is 109 Å². The van der Waals surface area contributed by atoms with E-state index in [1.165, 1.54) is 37.3 Å². The first-order valence-corrected chi connectivity index (χ1v) is 14.2. The summed E-state index contributed by atoms with van der Waals surface area (Å²) in [6.07, 6.45) is 3.40. The minimum absolute atomic E-state index is 0.0458. The van der Waals surface area contributed by atoms with Gasteiger partial charge in [0, 0.05) is 36.2 Å². The van der Waals surface area contributed by atoms with Gasteiger partial charge >= 0.3 is 0 Å². The van der Waals surface area contributed by atoms with Crippen molar-refractivity contribution < 1.29 is 23.1 Å². The van der Waals surface area contributed by atoms with Crippen molar-refractivity contribution in [3.05, 3.63) is 35.8 Å². The van der Waals surface area contributed by atoms with Crippen LogP contribution in [-0.2, 0) is 4.79 Å². The molecular formula is C28H30F2N6O3S. The minimum Gasteiger partial charge on any atom is -0.494 e. The van der Waals surface area contributed by atoms with Gasteiger partial charge in [0.05, 0.1) is 18.9 Å². The summed E-state index contributed by atoms with van der Waals surface area (Å²) >= 11 is 1.28. The normalized spacial score (nSPS) is 22.6. The zero-order chi connectivity index (χ0) is 28.4. The van der Waals surface area contributed by atoms with Crippen LogP contribution < -0.4 is 20.4 Å². The summed E-state index contributed by atoms with van der Waals surface area (Å²) in [5.41, 5.74) is 3.08. The third kappa shape index (κ3) is 6.04. The number of rotatable bonds is 5. The molecule has 3 unspecified atom stereocenters. The molecule has 2 saturated carbocycles. The van der Waals surface area contributed by atoms with Gasteiger partial charge in [-0.3, -0.25) is 30.2 Å². The Morgan fingerprint density at radius 2 is 1.98 bits per heavy atom. The van der Waals surface area contributed by atoms with Crippen molar-refractivity contribution >= 4 is 34.6 Å². The summed E-state index contributed by atoms with van der Waals surface area (Å²) in [5.74, 6) is 7.55. The van der Waals surface area contributed by atoms with E-state index in [-0.39, 0.29) is 28.2 Å². The molecule has 2 N–H and O–H groups in total. The predicted octanol–water partition coefficient (Wildman–Crippen LogP) is 4.57. The standard InChI is InChI=1S/C26H24F2N6O3S.C2H6/c1-37-20-11-29-19(24(27)28)8-17(20)16-9-21(34-12-15-6-14(15)7-23(34)35)30-10-18(16)25(36)31-26-33-32-22(38-26)5-4-13-2-3-13;1-2/h8-11,13-15,22,24,32H,2-3,6-7,12H2,1H3,(H,31,33,36);1-2H3. The first-order chi connectivity index (χ1) is 19.4. The van der Waals surface area contributed by atoms with Crippen molar-refractivity contribution in [2.45, 2.75) is 51.3 Å².